The maximum atomic E-state index is 13.4. The topological polar surface area (TPSA) is 107 Å². The number of anilines is 3. The number of carboxylic acids is 1. The molecule has 2 aliphatic rings. The number of hydrogen-bond donors (Lipinski definition) is 2. The van der Waals surface area contributed by atoms with E-state index in [0.717, 1.165) is 48.5 Å². The fourth-order valence-electron chi connectivity index (χ4n) is 4.67. The number of rotatable bonds is 5. The smallest absolute Gasteiger partial charge is 0.335 e. The highest BCUT2D eigenvalue weighted by atomic mass is 16.4. The van der Waals surface area contributed by atoms with Gasteiger partial charge in [0.05, 0.1) is 27.9 Å². The Hall–Kier alpha value is -4.46. The number of amides is 3. The van der Waals surface area contributed by atoms with Gasteiger partial charge in [-0.1, -0.05) is 17.7 Å². The molecule has 5 rings (SSSR count). The molecule has 36 heavy (non-hydrogen) atoms. The third kappa shape index (κ3) is 4.22. The molecule has 1 fully saturated rings. The van der Waals surface area contributed by atoms with E-state index in [2.05, 4.69) is 10.2 Å². The molecule has 3 aromatic rings. The first-order chi connectivity index (χ1) is 17.3. The highest BCUT2D eigenvalue weighted by Crippen LogP contribution is 2.35. The van der Waals surface area contributed by atoms with E-state index in [-0.39, 0.29) is 27.9 Å². The van der Waals surface area contributed by atoms with Gasteiger partial charge in [-0.2, -0.15) is 0 Å². The van der Waals surface area contributed by atoms with Crippen LogP contribution in [0.2, 0.25) is 0 Å². The Kier molecular flexibility index (Phi) is 6.01. The summed E-state index contributed by atoms with van der Waals surface area (Å²) in [6.07, 6.45) is 3.22. The second-order valence-corrected chi connectivity index (χ2v) is 9.08. The fourth-order valence-corrected chi connectivity index (χ4v) is 4.67. The van der Waals surface area contributed by atoms with Crippen molar-refractivity contribution in [3.63, 3.8) is 0 Å². The van der Waals surface area contributed by atoms with Crippen molar-refractivity contribution in [1.82, 2.24) is 0 Å². The second kappa shape index (κ2) is 9.30. The maximum Gasteiger partial charge on any atom is 0.335 e. The third-order valence-electron chi connectivity index (χ3n) is 6.63. The minimum atomic E-state index is -1.19. The van der Waals surface area contributed by atoms with Gasteiger partial charge in [0.1, 0.15) is 0 Å². The molecule has 1 saturated heterocycles. The maximum absolute atomic E-state index is 13.4. The van der Waals surface area contributed by atoms with Gasteiger partial charge in [0.2, 0.25) is 0 Å². The summed E-state index contributed by atoms with van der Waals surface area (Å²) in [4.78, 5) is 54.7. The number of carboxylic acid groups (broad SMARTS) is 1. The molecule has 2 heterocycles. The lowest BCUT2D eigenvalue weighted by molar-refractivity contribution is 0.0696. The molecule has 0 aromatic heterocycles. The van der Waals surface area contributed by atoms with Gasteiger partial charge in [0, 0.05) is 24.5 Å². The van der Waals surface area contributed by atoms with E-state index in [1.807, 2.05) is 25.1 Å². The Bertz CT molecular complexity index is 1390. The van der Waals surface area contributed by atoms with Crippen LogP contribution in [0.1, 0.15) is 66.3 Å². The number of imide groups is 1. The highest BCUT2D eigenvalue weighted by Gasteiger charge is 2.39. The van der Waals surface area contributed by atoms with E-state index in [0.29, 0.717) is 5.69 Å². The number of aryl methyl sites for hydroxylation is 1. The van der Waals surface area contributed by atoms with Gasteiger partial charge >= 0.3 is 5.97 Å². The first-order valence-corrected chi connectivity index (χ1v) is 11.9. The van der Waals surface area contributed by atoms with Crippen LogP contribution in [0.4, 0.5) is 17.1 Å². The van der Waals surface area contributed by atoms with Gasteiger partial charge in [0.25, 0.3) is 17.7 Å². The lowest BCUT2D eigenvalue weighted by Crippen LogP contribution is -2.33. The van der Waals surface area contributed by atoms with Gasteiger partial charge in [-0.15, -0.1) is 0 Å². The SMILES string of the molecule is Cc1ccc(NC(=O)c2ccc(N3CCCCC3)cc2N2C(=O)c3ccc(C(=O)O)cc3C2=O)cc1. The van der Waals surface area contributed by atoms with Crippen LogP contribution in [-0.2, 0) is 0 Å². The van der Waals surface area contributed by atoms with E-state index in [4.69, 9.17) is 0 Å². The van der Waals surface area contributed by atoms with E-state index >= 15 is 0 Å². The van der Waals surface area contributed by atoms with Crippen molar-refractivity contribution < 1.29 is 24.3 Å². The summed E-state index contributed by atoms with van der Waals surface area (Å²) >= 11 is 0. The zero-order valence-electron chi connectivity index (χ0n) is 19.8. The molecular weight excluding hydrogens is 458 g/mol. The molecular formula is C28H25N3O5. The summed E-state index contributed by atoms with van der Waals surface area (Å²) in [6, 6.07) is 16.3. The van der Waals surface area contributed by atoms with Crippen LogP contribution < -0.4 is 15.1 Å². The van der Waals surface area contributed by atoms with Crippen LogP contribution in [0.5, 0.6) is 0 Å². The van der Waals surface area contributed by atoms with Gasteiger partial charge in [0.15, 0.2) is 0 Å². The molecule has 3 aromatic carbocycles. The van der Waals surface area contributed by atoms with E-state index in [9.17, 15) is 24.3 Å². The minimum absolute atomic E-state index is 0.00756. The van der Waals surface area contributed by atoms with Crippen LogP contribution in [0.3, 0.4) is 0 Å². The van der Waals surface area contributed by atoms with Crippen LogP contribution in [0.25, 0.3) is 0 Å². The van der Waals surface area contributed by atoms with E-state index < -0.39 is 23.7 Å². The van der Waals surface area contributed by atoms with Crippen LogP contribution in [-0.4, -0.2) is 41.9 Å². The van der Waals surface area contributed by atoms with Crippen LogP contribution >= 0.6 is 0 Å². The first-order valence-electron chi connectivity index (χ1n) is 11.9. The van der Waals surface area contributed by atoms with Crippen molar-refractivity contribution in [2.75, 3.05) is 28.2 Å². The van der Waals surface area contributed by atoms with Crippen LogP contribution in [0.15, 0.2) is 60.7 Å². The molecule has 8 nitrogen and oxygen atoms in total. The molecule has 3 amide bonds. The zero-order chi connectivity index (χ0) is 25.4. The molecule has 0 atom stereocenters. The standard InChI is InChI=1S/C28H25N3O5/c1-17-5-8-19(9-6-17)29-25(32)22-12-10-20(30-13-3-2-4-14-30)16-24(22)31-26(33)21-11-7-18(28(35)36)15-23(21)27(31)34/h5-12,15-16H,2-4,13-14H2,1H3,(H,29,32)(H,35,36). The Labute approximate surface area is 208 Å². The second-order valence-electron chi connectivity index (χ2n) is 9.08. The van der Waals surface area contributed by atoms with Crippen molar-refractivity contribution in [3.8, 4) is 0 Å². The Balaban J connectivity index is 1.57. The lowest BCUT2D eigenvalue weighted by Gasteiger charge is -2.30. The first kappa shape index (κ1) is 23.3. The summed E-state index contributed by atoms with van der Waals surface area (Å²) < 4.78 is 0. The predicted octanol–water partition coefficient (Wildman–Crippen LogP) is 4.74. The summed E-state index contributed by atoms with van der Waals surface area (Å²) in [6.45, 7) is 3.64. The number of fused-ring (bicyclic) bond motifs is 1. The van der Waals surface area contributed by atoms with Crippen molar-refractivity contribution >= 4 is 40.8 Å². The number of nitrogens with one attached hydrogen (secondary N) is 1. The number of hydrogen-bond acceptors (Lipinski definition) is 5. The summed E-state index contributed by atoms with van der Waals surface area (Å²) in [5.41, 5.74) is 2.83. The predicted molar refractivity (Wildman–Crippen MR) is 136 cm³/mol. The van der Waals surface area contributed by atoms with Gasteiger partial charge in [-0.25, -0.2) is 9.69 Å². The average Bonchev–Trinajstić information content (AvgIpc) is 3.14. The van der Waals surface area contributed by atoms with Crippen molar-refractivity contribution in [2.24, 2.45) is 0 Å². The van der Waals surface area contributed by atoms with Gasteiger partial charge < -0.3 is 15.3 Å². The van der Waals surface area contributed by atoms with Crippen LogP contribution in [0, 0.1) is 6.92 Å². The fraction of sp³-hybridized carbons (Fsp3) is 0.214. The van der Waals surface area contributed by atoms with Crippen molar-refractivity contribution in [2.45, 2.75) is 26.2 Å². The highest BCUT2D eigenvalue weighted by molar-refractivity contribution is 6.36. The average molecular weight is 484 g/mol. The van der Waals surface area contributed by atoms with E-state index in [1.54, 1.807) is 24.3 Å². The minimum Gasteiger partial charge on any atom is -0.478 e. The number of benzene rings is 3. The molecule has 2 N–H and O–H groups in total. The lowest BCUT2D eigenvalue weighted by atomic mass is 10.1. The van der Waals surface area contributed by atoms with Gasteiger partial charge in [-0.05, 0) is 74.7 Å². The molecule has 0 aliphatic carbocycles. The Morgan fingerprint density at radius 1 is 0.833 bits per heavy atom. The molecule has 8 heteroatoms. The Morgan fingerprint density at radius 2 is 1.53 bits per heavy atom. The number of aromatic carboxylic acids is 1. The quantitative estimate of drug-likeness (QED) is 0.508. The molecule has 0 bridgehead atoms. The number of piperidine rings is 1. The van der Waals surface area contributed by atoms with Crippen molar-refractivity contribution in [1.29, 1.82) is 0 Å². The molecule has 0 saturated carbocycles. The summed E-state index contributed by atoms with van der Waals surface area (Å²) in [5.74, 6) is -2.89. The Morgan fingerprint density at radius 3 is 2.22 bits per heavy atom. The number of carbonyl (C=O) groups is 4. The normalized spacial score (nSPS) is 15.1. The zero-order valence-corrected chi connectivity index (χ0v) is 19.8. The molecule has 2 aliphatic heterocycles. The van der Waals surface area contributed by atoms with Gasteiger partial charge in [-0.3, -0.25) is 14.4 Å². The monoisotopic (exact) mass is 483 g/mol. The molecule has 0 radical (unpaired) electrons. The molecule has 0 unspecified atom stereocenters. The van der Waals surface area contributed by atoms with Crippen molar-refractivity contribution in [3.05, 3.63) is 88.5 Å². The third-order valence-corrected chi connectivity index (χ3v) is 6.63. The van der Waals surface area contributed by atoms with E-state index in [1.165, 1.54) is 18.2 Å². The summed E-state index contributed by atoms with van der Waals surface area (Å²) in [7, 11) is 0. The number of nitrogens with zero attached hydrogens (tertiary/aromatic N) is 2. The largest absolute Gasteiger partial charge is 0.478 e. The summed E-state index contributed by atoms with van der Waals surface area (Å²) in [5, 5.41) is 12.2. The number of carbonyl (C=O) groups excluding carboxylic acids is 3. The molecule has 0 spiro atoms. The molecule has 182 valence electrons.